The van der Waals surface area contributed by atoms with Crippen molar-refractivity contribution >= 4 is 34.8 Å². The average molecular weight is 628 g/mol. The first-order chi connectivity index (χ1) is 20.6. The van der Waals surface area contributed by atoms with Crippen molar-refractivity contribution in [1.82, 2.24) is 4.31 Å². The molecule has 234 valence electrons. The highest BCUT2D eigenvalue weighted by atomic mass is 32.2. The fourth-order valence-electron chi connectivity index (χ4n) is 5.76. The van der Waals surface area contributed by atoms with Gasteiger partial charge in [0.2, 0.25) is 0 Å². The van der Waals surface area contributed by atoms with Crippen molar-refractivity contribution in [3.8, 4) is 5.75 Å². The first-order valence-corrected chi connectivity index (χ1v) is 17.9. The molecule has 1 unspecified atom stereocenters. The number of benzene rings is 4. The first kappa shape index (κ1) is 34.1. The van der Waals surface area contributed by atoms with Gasteiger partial charge in [-0.05, 0) is 78.7 Å². The van der Waals surface area contributed by atoms with Gasteiger partial charge in [-0.2, -0.15) is 0 Å². The molecule has 44 heavy (non-hydrogen) atoms. The minimum atomic E-state index is -1.28. The largest absolute Gasteiger partial charge is 0.496 e. The molecule has 0 fully saturated rings. The molecule has 2 atom stereocenters. The standard InChI is InChI=1S/C39H50NO2PS/c1-37(2,3)32-26-28(27-33(36(32)42-11)38(4,5)6)35(40(10)44(41)39(7,8)9)31-24-18-19-25-34(31)43(29-20-14-12-15-21-29)30-22-16-13-17-23-30/h12-27,35H,1-11H3/t35?,44-/m1/s1. The monoisotopic (exact) mass is 627 g/mol. The topological polar surface area (TPSA) is 29.5 Å². The maximum absolute atomic E-state index is 14.3. The predicted molar refractivity (Wildman–Crippen MR) is 193 cm³/mol. The Morgan fingerprint density at radius 3 is 1.52 bits per heavy atom. The van der Waals surface area contributed by atoms with Crippen molar-refractivity contribution in [3.05, 3.63) is 119 Å². The molecule has 0 aliphatic rings. The Labute approximate surface area is 270 Å². The van der Waals surface area contributed by atoms with E-state index in [2.05, 4.69) is 164 Å². The Bertz CT molecular complexity index is 1510. The van der Waals surface area contributed by atoms with Crippen LogP contribution in [0, 0.1) is 0 Å². The molecule has 0 bridgehead atoms. The van der Waals surface area contributed by atoms with Gasteiger partial charge in [0.15, 0.2) is 0 Å². The van der Waals surface area contributed by atoms with Gasteiger partial charge in [-0.3, -0.25) is 0 Å². The van der Waals surface area contributed by atoms with E-state index in [9.17, 15) is 4.21 Å². The van der Waals surface area contributed by atoms with Gasteiger partial charge in [-0.25, -0.2) is 8.51 Å². The quantitative estimate of drug-likeness (QED) is 0.183. The summed E-state index contributed by atoms with van der Waals surface area (Å²) in [4.78, 5) is 0. The van der Waals surface area contributed by atoms with E-state index in [1.807, 2.05) is 7.05 Å². The summed E-state index contributed by atoms with van der Waals surface area (Å²) in [6.07, 6.45) is 0. The van der Waals surface area contributed by atoms with Crippen molar-refractivity contribution in [2.24, 2.45) is 0 Å². The van der Waals surface area contributed by atoms with Crippen molar-refractivity contribution in [2.45, 2.75) is 83.9 Å². The second-order valence-corrected chi connectivity index (χ2v) is 19.0. The average Bonchev–Trinajstić information content (AvgIpc) is 2.97. The van der Waals surface area contributed by atoms with Crippen molar-refractivity contribution in [2.75, 3.05) is 14.2 Å². The van der Waals surface area contributed by atoms with Crippen LogP contribution in [0.25, 0.3) is 0 Å². The molecule has 4 rings (SSSR count). The van der Waals surface area contributed by atoms with Crippen LogP contribution >= 0.6 is 7.92 Å². The summed E-state index contributed by atoms with van der Waals surface area (Å²) in [6.45, 7) is 19.6. The number of hydrogen-bond acceptors (Lipinski definition) is 2. The number of ether oxygens (including phenoxy) is 1. The maximum atomic E-state index is 14.3. The van der Waals surface area contributed by atoms with Gasteiger partial charge in [0.1, 0.15) is 16.7 Å². The third-order valence-electron chi connectivity index (χ3n) is 7.90. The van der Waals surface area contributed by atoms with Gasteiger partial charge in [0, 0.05) is 18.2 Å². The molecule has 0 saturated heterocycles. The van der Waals surface area contributed by atoms with E-state index in [1.54, 1.807) is 7.11 Å². The first-order valence-electron chi connectivity index (χ1n) is 15.4. The van der Waals surface area contributed by atoms with Gasteiger partial charge in [0.05, 0.1) is 17.9 Å². The molecular weight excluding hydrogens is 577 g/mol. The molecule has 3 nitrogen and oxygen atoms in total. The zero-order chi connectivity index (χ0) is 32.4. The number of hydrogen-bond donors (Lipinski definition) is 0. The smallest absolute Gasteiger partial charge is 0.126 e. The maximum Gasteiger partial charge on any atom is 0.126 e. The van der Waals surface area contributed by atoms with E-state index < -0.39 is 23.7 Å². The lowest BCUT2D eigenvalue weighted by molar-refractivity contribution is 0.379. The van der Waals surface area contributed by atoms with E-state index in [-0.39, 0.29) is 16.9 Å². The zero-order valence-corrected chi connectivity index (χ0v) is 30.1. The van der Waals surface area contributed by atoms with Crippen LogP contribution in [0.5, 0.6) is 5.75 Å². The van der Waals surface area contributed by atoms with Gasteiger partial charge in [-0.1, -0.05) is 126 Å². The van der Waals surface area contributed by atoms with Gasteiger partial charge in [-0.15, -0.1) is 0 Å². The summed E-state index contributed by atoms with van der Waals surface area (Å²) in [6, 6.07) is 34.8. The lowest BCUT2D eigenvalue weighted by Crippen LogP contribution is -2.40. The Kier molecular flexibility index (Phi) is 10.3. The van der Waals surface area contributed by atoms with Crippen LogP contribution in [0.4, 0.5) is 0 Å². The Morgan fingerprint density at radius 2 is 1.11 bits per heavy atom. The summed E-state index contributed by atoms with van der Waals surface area (Å²) in [5, 5.41) is 3.85. The van der Waals surface area contributed by atoms with Crippen LogP contribution in [0.2, 0.25) is 0 Å². The Hall–Kier alpha value is -2.78. The molecule has 4 aromatic carbocycles. The molecule has 0 heterocycles. The third-order valence-corrected chi connectivity index (χ3v) is 12.2. The molecule has 5 heteroatoms. The van der Waals surface area contributed by atoms with Crippen LogP contribution in [-0.4, -0.2) is 27.4 Å². The second kappa shape index (κ2) is 13.3. The molecule has 0 N–H and O–H groups in total. The van der Waals surface area contributed by atoms with E-state index in [0.29, 0.717) is 0 Å². The summed E-state index contributed by atoms with van der Waals surface area (Å²) in [5.74, 6) is 0.941. The molecule has 0 radical (unpaired) electrons. The number of methoxy groups -OCH3 is 1. The van der Waals surface area contributed by atoms with Crippen LogP contribution in [0.1, 0.15) is 90.6 Å². The molecule has 0 aliphatic heterocycles. The molecule has 4 aromatic rings. The normalized spacial score (nSPS) is 14.1. The zero-order valence-electron chi connectivity index (χ0n) is 28.4. The van der Waals surface area contributed by atoms with Crippen LogP contribution in [0.3, 0.4) is 0 Å². The minimum absolute atomic E-state index is 0.159. The summed E-state index contributed by atoms with van der Waals surface area (Å²) < 4.78 is 22.1. The number of rotatable bonds is 8. The van der Waals surface area contributed by atoms with Crippen molar-refractivity contribution in [1.29, 1.82) is 0 Å². The molecule has 0 aromatic heterocycles. The van der Waals surface area contributed by atoms with Gasteiger partial charge < -0.3 is 4.74 Å². The molecule has 0 amide bonds. The molecule has 0 spiro atoms. The van der Waals surface area contributed by atoms with Crippen LogP contribution in [0.15, 0.2) is 97.1 Å². The summed E-state index contributed by atoms with van der Waals surface area (Å²) in [7, 11) is 1.64. The molecular formula is C39H50NO2PS. The minimum Gasteiger partial charge on any atom is -0.496 e. The van der Waals surface area contributed by atoms with Crippen molar-refractivity contribution in [3.63, 3.8) is 0 Å². The van der Waals surface area contributed by atoms with E-state index in [4.69, 9.17) is 4.74 Å². The van der Waals surface area contributed by atoms with E-state index in [0.717, 1.165) is 22.4 Å². The third kappa shape index (κ3) is 7.36. The van der Waals surface area contributed by atoms with Gasteiger partial charge in [0.25, 0.3) is 0 Å². The highest BCUT2D eigenvalue weighted by Crippen LogP contribution is 2.45. The Balaban J connectivity index is 2.11. The van der Waals surface area contributed by atoms with Crippen LogP contribution < -0.4 is 20.7 Å². The lowest BCUT2D eigenvalue weighted by Gasteiger charge is -2.37. The summed E-state index contributed by atoms with van der Waals surface area (Å²) in [5.41, 5.74) is 4.31. The fraction of sp³-hybridized carbons (Fsp3) is 0.385. The molecule has 0 aliphatic carbocycles. The molecule has 0 saturated carbocycles. The lowest BCUT2D eigenvalue weighted by atomic mass is 9.77. The number of nitrogens with zero attached hydrogens (tertiary/aromatic N) is 1. The summed E-state index contributed by atoms with van der Waals surface area (Å²) >= 11 is 0. The fourth-order valence-corrected chi connectivity index (χ4v) is 9.54. The van der Waals surface area contributed by atoms with Crippen molar-refractivity contribution < 1.29 is 8.95 Å². The highest BCUT2D eigenvalue weighted by molar-refractivity contribution is 7.84. The van der Waals surface area contributed by atoms with E-state index in [1.165, 1.54) is 21.5 Å². The van der Waals surface area contributed by atoms with Gasteiger partial charge >= 0.3 is 0 Å². The van der Waals surface area contributed by atoms with E-state index >= 15 is 0 Å². The Morgan fingerprint density at radius 1 is 0.682 bits per heavy atom. The van der Waals surface area contributed by atoms with Crippen LogP contribution in [-0.2, 0) is 21.8 Å². The second-order valence-electron chi connectivity index (χ2n) is 14.5. The SMILES string of the molecule is COc1c(C(C)(C)C)cc(C(c2ccccc2P(c2ccccc2)c2ccccc2)N(C)[S@](=O)C(C)(C)C)cc1C(C)(C)C. The highest BCUT2D eigenvalue weighted by Gasteiger charge is 2.36. The predicted octanol–water partition coefficient (Wildman–Crippen LogP) is 8.53.